The fourth-order valence-electron chi connectivity index (χ4n) is 2.07. The standard InChI is InChI=1S/C18H27N3O4S/c1-6-26-16(19)21-13-9-7-12(8-10-13)14(15(22)24-5)11-20-17(23)25-18(2,3)4/h7-10,14H,6,11H2,1-5H3,(H2,19,21)(H,20,23). The average Bonchev–Trinajstić information content (AvgIpc) is 2.54. The van der Waals surface area contributed by atoms with Crippen LogP contribution >= 0.6 is 11.8 Å². The third kappa shape index (κ3) is 7.77. The highest BCUT2D eigenvalue weighted by atomic mass is 32.2. The number of nitrogens with one attached hydrogen (secondary N) is 1. The number of amidine groups is 1. The molecule has 1 rings (SSSR count). The number of benzene rings is 1. The van der Waals surface area contributed by atoms with E-state index in [0.29, 0.717) is 16.4 Å². The van der Waals surface area contributed by atoms with Crippen LogP contribution in [0.2, 0.25) is 0 Å². The smallest absolute Gasteiger partial charge is 0.407 e. The zero-order chi connectivity index (χ0) is 19.7. The fraction of sp³-hybridized carbons (Fsp3) is 0.500. The van der Waals surface area contributed by atoms with Gasteiger partial charge in [-0.15, -0.1) is 0 Å². The van der Waals surface area contributed by atoms with E-state index in [1.165, 1.54) is 18.9 Å². The lowest BCUT2D eigenvalue weighted by Crippen LogP contribution is -2.36. The molecule has 144 valence electrons. The first-order chi connectivity index (χ1) is 12.2. The normalized spacial score (nSPS) is 13.0. The fourth-order valence-corrected chi connectivity index (χ4v) is 2.53. The van der Waals surface area contributed by atoms with Crippen molar-refractivity contribution in [2.24, 2.45) is 10.7 Å². The lowest BCUT2D eigenvalue weighted by Gasteiger charge is -2.21. The molecule has 0 spiro atoms. The molecule has 7 nitrogen and oxygen atoms in total. The minimum atomic E-state index is -0.645. The van der Waals surface area contributed by atoms with E-state index in [9.17, 15) is 9.59 Å². The van der Waals surface area contributed by atoms with Crippen molar-refractivity contribution in [2.45, 2.75) is 39.2 Å². The molecule has 0 aromatic heterocycles. The van der Waals surface area contributed by atoms with Gasteiger partial charge in [-0.2, -0.15) is 0 Å². The van der Waals surface area contributed by atoms with Crippen molar-refractivity contribution in [2.75, 3.05) is 19.4 Å². The van der Waals surface area contributed by atoms with Gasteiger partial charge in [0, 0.05) is 6.54 Å². The molecule has 0 bridgehead atoms. The molecule has 1 aromatic carbocycles. The summed E-state index contributed by atoms with van der Waals surface area (Å²) in [4.78, 5) is 28.2. The van der Waals surface area contributed by atoms with E-state index < -0.39 is 23.6 Å². The van der Waals surface area contributed by atoms with E-state index in [-0.39, 0.29) is 6.54 Å². The molecule has 0 fully saturated rings. The minimum Gasteiger partial charge on any atom is -0.468 e. The highest BCUT2D eigenvalue weighted by Gasteiger charge is 2.24. The molecule has 0 saturated carbocycles. The van der Waals surface area contributed by atoms with Crippen LogP contribution in [0.25, 0.3) is 0 Å². The second kappa shape index (κ2) is 10.1. The zero-order valence-electron chi connectivity index (χ0n) is 15.9. The molecule has 1 amide bonds. The van der Waals surface area contributed by atoms with Gasteiger partial charge in [-0.3, -0.25) is 4.79 Å². The van der Waals surface area contributed by atoms with Gasteiger partial charge in [-0.25, -0.2) is 9.79 Å². The van der Waals surface area contributed by atoms with Gasteiger partial charge in [0.25, 0.3) is 0 Å². The number of alkyl carbamates (subject to hydrolysis) is 1. The lowest BCUT2D eigenvalue weighted by molar-refractivity contribution is -0.142. The second-order valence-electron chi connectivity index (χ2n) is 6.43. The maximum absolute atomic E-state index is 12.1. The first-order valence-corrected chi connectivity index (χ1v) is 9.26. The van der Waals surface area contributed by atoms with Crippen LogP contribution in [0.15, 0.2) is 29.3 Å². The number of methoxy groups -OCH3 is 1. The summed E-state index contributed by atoms with van der Waals surface area (Å²) in [6.07, 6.45) is -0.586. The largest absolute Gasteiger partial charge is 0.468 e. The summed E-state index contributed by atoms with van der Waals surface area (Å²) in [5, 5.41) is 3.09. The van der Waals surface area contributed by atoms with Crippen LogP contribution in [0.5, 0.6) is 0 Å². The zero-order valence-corrected chi connectivity index (χ0v) is 16.7. The molecular formula is C18H27N3O4S. The van der Waals surface area contributed by atoms with Crippen molar-refractivity contribution >= 4 is 34.7 Å². The van der Waals surface area contributed by atoms with Crippen LogP contribution in [-0.4, -0.2) is 42.2 Å². The molecule has 8 heteroatoms. The number of nitrogens with two attached hydrogens (primary N) is 1. The predicted octanol–water partition coefficient (Wildman–Crippen LogP) is 3.17. The first-order valence-electron chi connectivity index (χ1n) is 8.28. The molecule has 0 saturated heterocycles. The molecule has 0 aliphatic rings. The Labute approximate surface area is 158 Å². The van der Waals surface area contributed by atoms with Crippen molar-refractivity contribution < 1.29 is 19.1 Å². The van der Waals surface area contributed by atoms with Gasteiger partial charge in [0.2, 0.25) is 0 Å². The number of aliphatic imine (C=N–C) groups is 1. The van der Waals surface area contributed by atoms with Crippen LogP contribution in [0, 0.1) is 0 Å². The van der Waals surface area contributed by atoms with Crippen molar-refractivity contribution in [3.05, 3.63) is 29.8 Å². The monoisotopic (exact) mass is 381 g/mol. The van der Waals surface area contributed by atoms with E-state index in [4.69, 9.17) is 15.2 Å². The number of hydrogen-bond donors (Lipinski definition) is 2. The Morgan fingerprint density at radius 1 is 1.27 bits per heavy atom. The number of thioether (sulfide) groups is 1. The molecule has 0 aliphatic carbocycles. The summed E-state index contributed by atoms with van der Waals surface area (Å²) < 4.78 is 10.0. The lowest BCUT2D eigenvalue weighted by atomic mass is 9.99. The summed E-state index contributed by atoms with van der Waals surface area (Å²) in [6.45, 7) is 7.37. The number of rotatable bonds is 6. The Morgan fingerprint density at radius 2 is 1.88 bits per heavy atom. The Bertz CT molecular complexity index is 639. The van der Waals surface area contributed by atoms with Crippen molar-refractivity contribution in [3.8, 4) is 0 Å². The van der Waals surface area contributed by atoms with Gasteiger partial charge in [-0.1, -0.05) is 30.8 Å². The number of hydrogen-bond acceptors (Lipinski definition) is 6. The van der Waals surface area contributed by atoms with Crippen LogP contribution in [0.1, 0.15) is 39.2 Å². The van der Waals surface area contributed by atoms with Crippen LogP contribution in [0.4, 0.5) is 10.5 Å². The summed E-state index contributed by atoms with van der Waals surface area (Å²) in [5.74, 6) is -0.250. The molecule has 0 heterocycles. The number of esters is 1. The van der Waals surface area contributed by atoms with Gasteiger partial charge in [0.1, 0.15) is 5.60 Å². The first kappa shape index (κ1) is 21.8. The Morgan fingerprint density at radius 3 is 2.38 bits per heavy atom. The van der Waals surface area contributed by atoms with Crippen molar-refractivity contribution in [3.63, 3.8) is 0 Å². The summed E-state index contributed by atoms with van der Waals surface area (Å²) in [7, 11) is 1.31. The SMILES string of the molecule is CCSC(N)=Nc1ccc(C(CNC(=O)OC(C)(C)C)C(=O)OC)cc1. The third-order valence-electron chi connectivity index (χ3n) is 3.16. The predicted molar refractivity (Wildman–Crippen MR) is 105 cm³/mol. The summed E-state index contributed by atoms with van der Waals surface area (Å²) >= 11 is 1.45. The number of amides is 1. The molecule has 1 atom stereocenters. The average molecular weight is 381 g/mol. The number of carbonyl (C=O) groups excluding carboxylic acids is 2. The summed E-state index contributed by atoms with van der Waals surface area (Å²) in [6, 6.07) is 7.06. The van der Waals surface area contributed by atoms with Gasteiger partial charge < -0.3 is 20.5 Å². The molecular weight excluding hydrogens is 354 g/mol. The molecule has 26 heavy (non-hydrogen) atoms. The third-order valence-corrected chi connectivity index (χ3v) is 3.84. The molecule has 0 radical (unpaired) electrons. The van der Waals surface area contributed by atoms with E-state index in [1.54, 1.807) is 45.0 Å². The molecule has 0 aliphatic heterocycles. The maximum Gasteiger partial charge on any atom is 0.407 e. The number of carbonyl (C=O) groups is 2. The number of ether oxygens (including phenoxy) is 2. The van der Waals surface area contributed by atoms with Crippen LogP contribution < -0.4 is 11.1 Å². The maximum atomic E-state index is 12.1. The highest BCUT2D eigenvalue weighted by molar-refractivity contribution is 8.13. The van der Waals surface area contributed by atoms with Crippen molar-refractivity contribution in [1.29, 1.82) is 0 Å². The molecule has 1 aromatic rings. The molecule has 1 unspecified atom stereocenters. The van der Waals surface area contributed by atoms with E-state index in [0.717, 1.165) is 5.75 Å². The number of nitrogens with zero attached hydrogens (tertiary/aromatic N) is 1. The Hall–Kier alpha value is -2.22. The highest BCUT2D eigenvalue weighted by Crippen LogP contribution is 2.22. The van der Waals surface area contributed by atoms with E-state index in [2.05, 4.69) is 10.3 Å². The quantitative estimate of drug-likeness (QED) is 0.446. The Kier molecular flexibility index (Phi) is 8.44. The van der Waals surface area contributed by atoms with Gasteiger partial charge in [-0.05, 0) is 44.2 Å². The van der Waals surface area contributed by atoms with Crippen LogP contribution in [0.3, 0.4) is 0 Å². The minimum absolute atomic E-state index is 0.0675. The van der Waals surface area contributed by atoms with Crippen molar-refractivity contribution in [1.82, 2.24) is 5.32 Å². The molecule has 3 N–H and O–H groups in total. The van der Waals surface area contributed by atoms with E-state index >= 15 is 0 Å². The second-order valence-corrected chi connectivity index (χ2v) is 7.72. The topological polar surface area (TPSA) is 103 Å². The van der Waals surface area contributed by atoms with E-state index in [1.807, 2.05) is 6.92 Å². The van der Waals surface area contributed by atoms with Gasteiger partial charge >= 0.3 is 12.1 Å². The van der Waals surface area contributed by atoms with Gasteiger partial charge in [0.05, 0.1) is 18.7 Å². The Balaban J connectivity index is 2.85. The van der Waals surface area contributed by atoms with Gasteiger partial charge in [0.15, 0.2) is 5.17 Å². The van der Waals surface area contributed by atoms with Crippen LogP contribution in [-0.2, 0) is 14.3 Å². The summed E-state index contributed by atoms with van der Waals surface area (Å²) in [5.41, 5.74) is 6.58.